The first-order valence-electron chi connectivity index (χ1n) is 6.22. The SMILES string of the molecule is CC(Nc1ccccc1N=Nc1ccccc1)C(=O)O. The molecule has 0 aliphatic rings. The zero-order chi connectivity index (χ0) is 14.4. The molecule has 0 amide bonds. The highest BCUT2D eigenvalue weighted by Gasteiger charge is 2.11. The summed E-state index contributed by atoms with van der Waals surface area (Å²) in [5.41, 5.74) is 1.99. The zero-order valence-electron chi connectivity index (χ0n) is 11.0. The van der Waals surface area contributed by atoms with Gasteiger partial charge in [0, 0.05) is 0 Å². The number of hydrogen-bond acceptors (Lipinski definition) is 4. The number of hydrogen-bond donors (Lipinski definition) is 2. The van der Waals surface area contributed by atoms with Crippen LogP contribution in [0.15, 0.2) is 64.8 Å². The van der Waals surface area contributed by atoms with E-state index in [1.165, 1.54) is 0 Å². The lowest BCUT2D eigenvalue weighted by molar-refractivity contribution is -0.137. The standard InChI is InChI=1S/C15H15N3O2/c1-11(15(19)20)16-13-9-5-6-10-14(13)18-17-12-7-3-2-4-8-12/h2-11,16H,1H3,(H,19,20). The van der Waals surface area contributed by atoms with E-state index in [1.54, 1.807) is 19.1 Å². The number of nitrogens with zero attached hydrogens (tertiary/aromatic N) is 2. The van der Waals surface area contributed by atoms with Crippen LogP contribution in [0.25, 0.3) is 0 Å². The largest absolute Gasteiger partial charge is 0.480 e. The molecule has 0 aliphatic heterocycles. The molecule has 2 N–H and O–H groups in total. The molecule has 0 radical (unpaired) electrons. The summed E-state index contributed by atoms with van der Waals surface area (Å²) in [5, 5.41) is 20.1. The molecule has 0 heterocycles. The average Bonchev–Trinajstić information content (AvgIpc) is 2.47. The molecule has 2 rings (SSSR count). The maximum absolute atomic E-state index is 10.9. The molecule has 2 aromatic carbocycles. The number of nitrogens with one attached hydrogen (secondary N) is 1. The minimum Gasteiger partial charge on any atom is -0.480 e. The Morgan fingerprint density at radius 2 is 1.70 bits per heavy atom. The summed E-state index contributed by atoms with van der Waals surface area (Å²) >= 11 is 0. The maximum Gasteiger partial charge on any atom is 0.325 e. The van der Waals surface area contributed by atoms with Crippen molar-refractivity contribution in [2.24, 2.45) is 10.2 Å². The molecule has 1 atom stereocenters. The van der Waals surface area contributed by atoms with Gasteiger partial charge < -0.3 is 10.4 Å². The molecule has 0 aliphatic carbocycles. The van der Waals surface area contributed by atoms with Crippen molar-refractivity contribution in [3.05, 3.63) is 54.6 Å². The molecule has 0 aromatic heterocycles. The molecule has 0 saturated carbocycles. The van der Waals surface area contributed by atoms with Gasteiger partial charge in [-0.05, 0) is 31.2 Å². The van der Waals surface area contributed by atoms with Gasteiger partial charge in [0.25, 0.3) is 0 Å². The van der Waals surface area contributed by atoms with Crippen molar-refractivity contribution in [1.29, 1.82) is 0 Å². The van der Waals surface area contributed by atoms with Gasteiger partial charge in [-0.25, -0.2) is 0 Å². The van der Waals surface area contributed by atoms with Crippen LogP contribution < -0.4 is 5.32 Å². The molecular weight excluding hydrogens is 254 g/mol. The number of rotatable bonds is 5. The molecule has 102 valence electrons. The molecule has 2 aromatic rings. The summed E-state index contributed by atoms with van der Waals surface area (Å²) in [6, 6.07) is 15.9. The minimum absolute atomic E-state index is 0.601. The van der Waals surface area contributed by atoms with E-state index in [0.717, 1.165) is 5.69 Å². The Morgan fingerprint density at radius 1 is 1.05 bits per heavy atom. The van der Waals surface area contributed by atoms with Gasteiger partial charge in [-0.15, -0.1) is 5.11 Å². The number of carbonyl (C=O) groups is 1. The zero-order valence-corrected chi connectivity index (χ0v) is 11.0. The van der Waals surface area contributed by atoms with Gasteiger partial charge in [-0.1, -0.05) is 30.3 Å². The second kappa shape index (κ2) is 6.47. The molecule has 0 bridgehead atoms. The lowest BCUT2D eigenvalue weighted by atomic mass is 10.2. The van der Waals surface area contributed by atoms with Crippen molar-refractivity contribution in [2.75, 3.05) is 5.32 Å². The number of azo groups is 1. The van der Waals surface area contributed by atoms with Crippen LogP contribution in [0.5, 0.6) is 0 Å². The molecule has 20 heavy (non-hydrogen) atoms. The molecule has 5 nitrogen and oxygen atoms in total. The Hall–Kier alpha value is -2.69. The highest BCUT2D eigenvalue weighted by atomic mass is 16.4. The van der Waals surface area contributed by atoms with Crippen molar-refractivity contribution >= 4 is 23.0 Å². The fraction of sp³-hybridized carbons (Fsp3) is 0.133. The van der Waals surface area contributed by atoms with E-state index in [-0.39, 0.29) is 0 Å². The molecule has 1 unspecified atom stereocenters. The van der Waals surface area contributed by atoms with Crippen molar-refractivity contribution in [1.82, 2.24) is 0 Å². The van der Waals surface area contributed by atoms with Crippen molar-refractivity contribution in [3.8, 4) is 0 Å². The minimum atomic E-state index is -0.917. The molecule has 0 fully saturated rings. The Morgan fingerprint density at radius 3 is 2.40 bits per heavy atom. The Bertz CT molecular complexity index is 612. The predicted molar refractivity (Wildman–Crippen MR) is 77.8 cm³/mol. The molecule has 5 heteroatoms. The van der Waals surface area contributed by atoms with Crippen LogP contribution in [0, 0.1) is 0 Å². The number of aliphatic carboxylic acids is 1. The first-order chi connectivity index (χ1) is 9.66. The lowest BCUT2D eigenvalue weighted by Gasteiger charge is -2.12. The molecular formula is C15H15N3O2. The highest BCUT2D eigenvalue weighted by Crippen LogP contribution is 2.27. The first-order valence-corrected chi connectivity index (χ1v) is 6.22. The number of para-hydroxylation sites is 1. The number of carboxylic acids is 1. The van der Waals surface area contributed by atoms with Crippen LogP contribution in [0.1, 0.15) is 6.92 Å². The number of anilines is 1. The first kappa shape index (κ1) is 13.7. The average molecular weight is 269 g/mol. The van der Waals surface area contributed by atoms with Gasteiger partial charge >= 0.3 is 5.97 Å². The second-order valence-corrected chi connectivity index (χ2v) is 4.26. The van der Waals surface area contributed by atoms with Crippen molar-refractivity contribution in [3.63, 3.8) is 0 Å². The van der Waals surface area contributed by atoms with Gasteiger partial charge in [0.2, 0.25) is 0 Å². The summed E-state index contributed by atoms with van der Waals surface area (Å²) in [6.07, 6.45) is 0. The predicted octanol–water partition coefficient (Wildman–Crippen LogP) is 3.99. The number of carboxylic acid groups (broad SMARTS) is 1. The van der Waals surface area contributed by atoms with E-state index in [9.17, 15) is 4.79 Å². The summed E-state index contributed by atoms with van der Waals surface area (Å²) in [7, 11) is 0. The Labute approximate surface area is 117 Å². The second-order valence-electron chi connectivity index (χ2n) is 4.26. The van der Waals surface area contributed by atoms with Crippen LogP contribution in [0.2, 0.25) is 0 Å². The van der Waals surface area contributed by atoms with E-state index in [4.69, 9.17) is 5.11 Å². The normalized spacial score (nSPS) is 12.2. The maximum atomic E-state index is 10.9. The highest BCUT2D eigenvalue weighted by molar-refractivity contribution is 5.79. The van der Waals surface area contributed by atoms with Gasteiger partial charge in [0.1, 0.15) is 11.7 Å². The van der Waals surface area contributed by atoms with Crippen LogP contribution in [0.3, 0.4) is 0 Å². The Balaban J connectivity index is 2.20. The van der Waals surface area contributed by atoms with Crippen LogP contribution in [-0.2, 0) is 4.79 Å². The van der Waals surface area contributed by atoms with Crippen molar-refractivity contribution < 1.29 is 9.90 Å². The fourth-order valence-corrected chi connectivity index (χ4v) is 1.58. The van der Waals surface area contributed by atoms with Gasteiger partial charge in [0.05, 0.1) is 11.4 Å². The van der Waals surface area contributed by atoms with Gasteiger partial charge in [0.15, 0.2) is 0 Å². The van der Waals surface area contributed by atoms with E-state index in [0.29, 0.717) is 11.4 Å². The number of benzene rings is 2. The fourth-order valence-electron chi connectivity index (χ4n) is 1.58. The summed E-state index contributed by atoms with van der Waals surface area (Å²) < 4.78 is 0. The quantitative estimate of drug-likeness (QED) is 0.806. The third-order valence-corrected chi connectivity index (χ3v) is 2.68. The van der Waals surface area contributed by atoms with Crippen LogP contribution >= 0.6 is 0 Å². The summed E-state index contributed by atoms with van der Waals surface area (Å²) in [4.78, 5) is 10.9. The van der Waals surface area contributed by atoms with Crippen LogP contribution in [0.4, 0.5) is 17.1 Å². The summed E-state index contributed by atoms with van der Waals surface area (Å²) in [5.74, 6) is -0.917. The molecule has 0 spiro atoms. The van der Waals surface area contributed by atoms with Crippen molar-refractivity contribution in [2.45, 2.75) is 13.0 Å². The summed E-state index contributed by atoms with van der Waals surface area (Å²) in [6.45, 7) is 1.58. The van der Waals surface area contributed by atoms with E-state index in [2.05, 4.69) is 15.5 Å². The third kappa shape index (κ3) is 3.65. The van der Waals surface area contributed by atoms with Crippen LogP contribution in [-0.4, -0.2) is 17.1 Å². The molecule has 0 saturated heterocycles. The van der Waals surface area contributed by atoms with Gasteiger partial charge in [-0.2, -0.15) is 5.11 Å². The van der Waals surface area contributed by atoms with E-state index >= 15 is 0 Å². The van der Waals surface area contributed by atoms with E-state index < -0.39 is 12.0 Å². The lowest BCUT2D eigenvalue weighted by Crippen LogP contribution is -2.25. The van der Waals surface area contributed by atoms with E-state index in [1.807, 2.05) is 42.5 Å². The topological polar surface area (TPSA) is 74.0 Å². The monoisotopic (exact) mass is 269 g/mol. The Kier molecular flexibility index (Phi) is 4.44. The van der Waals surface area contributed by atoms with Gasteiger partial charge in [-0.3, -0.25) is 4.79 Å². The third-order valence-electron chi connectivity index (χ3n) is 2.68. The smallest absolute Gasteiger partial charge is 0.325 e.